The van der Waals surface area contributed by atoms with Crippen molar-refractivity contribution < 1.29 is 9.90 Å². The molecule has 1 saturated carbocycles. The second-order valence-electron chi connectivity index (χ2n) is 5.62. The van der Waals surface area contributed by atoms with Crippen LogP contribution in [0.2, 0.25) is 0 Å². The van der Waals surface area contributed by atoms with Crippen LogP contribution >= 0.6 is 0 Å². The first-order valence-electron chi connectivity index (χ1n) is 7.47. The Kier molecular flexibility index (Phi) is 5.41. The summed E-state index contributed by atoms with van der Waals surface area (Å²) in [5.41, 5.74) is 7.51. The van der Waals surface area contributed by atoms with Gasteiger partial charge in [0, 0.05) is 12.1 Å². The zero-order valence-electron chi connectivity index (χ0n) is 11.8. The van der Waals surface area contributed by atoms with Crippen LogP contribution < -0.4 is 11.1 Å². The molecule has 1 amide bonds. The molecule has 2 atom stereocenters. The first-order valence-corrected chi connectivity index (χ1v) is 7.47. The Morgan fingerprint density at radius 1 is 1.30 bits per heavy atom. The highest BCUT2D eigenvalue weighted by Gasteiger charge is 2.22. The quantitative estimate of drug-likeness (QED) is 0.581. The first-order chi connectivity index (χ1) is 9.65. The van der Waals surface area contributed by atoms with Gasteiger partial charge < -0.3 is 16.2 Å². The standard InChI is InChI=1S/C16H24N2O2/c17-13-6-4-5-12(11-13)9-10-16(20)18-14-7-2-1-3-8-15(14)19/h4-6,11,14-15,19H,1-3,7-10,17H2,(H,18,20). The van der Waals surface area contributed by atoms with E-state index in [4.69, 9.17) is 5.73 Å². The molecule has 110 valence electrons. The summed E-state index contributed by atoms with van der Waals surface area (Å²) in [5.74, 6) is 0.0124. The Balaban J connectivity index is 1.80. The van der Waals surface area contributed by atoms with Crippen molar-refractivity contribution in [1.29, 1.82) is 0 Å². The summed E-state index contributed by atoms with van der Waals surface area (Å²) in [4.78, 5) is 12.0. The summed E-state index contributed by atoms with van der Waals surface area (Å²) in [6, 6.07) is 7.53. The Morgan fingerprint density at radius 3 is 2.90 bits per heavy atom. The number of rotatable bonds is 4. The molecule has 4 nitrogen and oxygen atoms in total. The van der Waals surface area contributed by atoms with Crippen molar-refractivity contribution >= 4 is 11.6 Å². The van der Waals surface area contributed by atoms with Gasteiger partial charge in [-0.05, 0) is 37.0 Å². The molecule has 0 spiro atoms. The average Bonchev–Trinajstić information content (AvgIpc) is 2.62. The lowest BCUT2D eigenvalue weighted by Gasteiger charge is -2.21. The lowest BCUT2D eigenvalue weighted by molar-refractivity contribution is -0.122. The number of anilines is 1. The Labute approximate surface area is 120 Å². The van der Waals surface area contributed by atoms with E-state index >= 15 is 0 Å². The molecule has 0 aromatic heterocycles. The van der Waals surface area contributed by atoms with Gasteiger partial charge in [-0.1, -0.05) is 31.4 Å². The van der Waals surface area contributed by atoms with Gasteiger partial charge in [-0.2, -0.15) is 0 Å². The maximum absolute atomic E-state index is 12.0. The Morgan fingerprint density at radius 2 is 2.10 bits per heavy atom. The van der Waals surface area contributed by atoms with Crippen molar-refractivity contribution in [3.8, 4) is 0 Å². The van der Waals surface area contributed by atoms with E-state index in [1.807, 2.05) is 24.3 Å². The van der Waals surface area contributed by atoms with Crippen LogP contribution in [0, 0.1) is 0 Å². The minimum Gasteiger partial charge on any atom is -0.399 e. The molecule has 1 aliphatic carbocycles. The smallest absolute Gasteiger partial charge is 0.220 e. The Hall–Kier alpha value is -1.55. The number of hydrogen-bond donors (Lipinski definition) is 3. The molecular formula is C16H24N2O2. The van der Waals surface area contributed by atoms with Crippen LogP contribution in [0.4, 0.5) is 5.69 Å². The molecule has 1 aliphatic rings. The molecule has 0 aliphatic heterocycles. The molecule has 1 aromatic rings. The van der Waals surface area contributed by atoms with Gasteiger partial charge in [0.25, 0.3) is 0 Å². The van der Waals surface area contributed by atoms with E-state index in [1.54, 1.807) is 0 Å². The van der Waals surface area contributed by atoms with Crippen LogP contribution in [-0.4, -0.2) is 23.2 Å². The number of aryl methyl sites for hydroxylation is 1. The van der Waals surface area contributed by atoms with Crippen molar-refractivity contribution in [3.63, 3.8) is 0 Å². The van der Waals surface area contributed by atoms with Gasteiger partial charge in [0.1, 0.15) is 0 Å². The van der Waals surface area contributed by atoms with Crippen LogP contribution in [-0.2, 0) is 11.2 Å². The average molecular weight is 276 g/mol. The van der Waals surface area contributed by atoms with E-state index in [2.05, 4.69) is 5.32 Å². The number of carbonyl (C=O) groups excluding carboxylic acids is 1. The highest BCUT2D eigenvalue weighted by Crippen LogP contribution is 2.18. The van der Waals surface area contributed by atoms with E-state index in [-0.39, 0.29) is 11.9 Å². The fourth-order valence-corrected chi connectivity index (χ4v) is 2.74. The summed E-state index contributed by atoms with van der Waals surface area (Å²) in [5, 5.41) is 13.0. The summed E-state index contributed by atoms with van der Waals surface area (Å²) in [6.45, 7) is 0. The Bertz CT molecular complexity index is 448. The lowest BCUT2D eigenvalue weighted by atomic mass is 10.0. The highest BCUT2D eigenvalue weighted by molar-refractivity contribution is 5.76. The number of nitrogens with two attached hydrogens (primary N) is 1. The van der Waals surface area contributed by atoms with Crippen molar-refractivity contribution in [3.05, 3.63) is 29.8 Å². The van der Waals surface area contributed by atoms with E-state index in [1.165, 1.54) is 0 Å². The predicted octanol–water partition coefficient (Wildman–Crippen LogP) is 2.01. The van der Waals surface area contributed by atoms with Gasteiger partial charge in [0.2, 0.25) is 5.91 Å². The number of aliphatic hydroxyl groups excluding tert-OH is 1. The van der Waals surface area contributed by atoms with Crippen LogP contribution in [0.1, 0.15) is 44.1 Å². The van der Waals surface area contributed by atoms with E-state index in [0.717, 1.165) is 43.4 Å². The third-order valence-electron chi connectivity index (χ3n) is 3.92. The molecule has 1 aromatic carbocycles. The van der Waals surface area contributed by atoms with E-state index in [9.17, 15) is 9.90 Å². The molecular weight excluding hydrogens is 252 g/mol. The molecule has 1 fully saturated rings. The second-order valence-corrected chi connectivity index (χ2v) is 5.62. The van der Waals surface area contributed by atoms with Crippen LogP contribution in [0.3, 0.4) is 0 Å². The normalized spacial score (nSPS) is 23.1. The molecule has 4 heteroatoms. The molecule has 4 N–H and O–H groups in total. The van der Waals surface area contributed by atoms with Crippen LogP contribution in [0.5, 0.6) is 0 Å². The predicted molar refractivity (Wildman–Crippen MR) is 80.2 cm³/mol. The van der Waals surface area contributed by atoms with Gasteiger partial charge >= 0.3 is 0 Å². The number of carbonyl (C=O) groups is 1. The van der Waals surface area contributed by atoms with E-state index < -0.39 is 6.10 Å². The van der Waals surface area contributed by atoms with Crippen molar-refractivity contribution in [2.75, 3.05) is 5.73 Å². The fraction of sp³-hybridized carbons (Fsp3) is 0.562. The van der Waals surface area contributed by atoms with Crippen molar-refractivity contribution in [2.45, 2.75) is 57.1 Å². The monoisotopic (exact) mass is 276 g/mol. The molecule has 0 radical (unpaired) electrons. The third kappa shape index (κ3) is 4.53. The summed E-state index contributed by atoms with van der Waals surface area (Å²) in [7, 11) is 0. The number of nitrogen functional groups attached to an aromatic ring is 1. The number of aliphatic hydroxyl groups is 1. The molecule has 20 heavy (non-hydrogen) atoms. The summed E-state index contributed by atoms with van der Waals surface area (Å²) < 4.78 is 0. The van der Waals surface area contributed by atoms with Gasteiger partial charge in [-0.15, -0.1) is 0 Å². The first kappa shape index (κ1) is 14.9. The second kappa shape index (κ2) is 7.29. The van der Waals surface area contributed by atoms with Gasteiger partial charge in [0.15, 0.2) is 0 Å². The summed E-state index contributed by atoms with van der Waals surface area (Å²) in [6.07, 6.45) is 5.67. The van der Waals surface area contributed by atoms with E-state index in [0.29, 0.717) is 12.8 Å². The zero-order chi connectivity index (χ0) is 14.4. The number of amides is 1. The minimum atomic E-state index is -0.395. The topological polar surface area (TPSA) is 75.4 Å². The van der Waals surface area contributed by atoms with Crippen molar-refractivity contribution in [1.82, 2.24) is 5.32 Å². The third-order valence-corrected chi connectivity index (χ3v) is 3.92. The molecule has 2 rings (SSSR count). The lowest BCUT2D eigenvalue weighted by Crippen LogP contribution is -2.42. The summed E-state index contributed by atoms with van der Waals surface area (Å²) >= 11 is 0. The zero-order valence-corrected chi connectivity index (χ0v) is 11.8. The van der Waals surface area contributed by atoms with Crippen LogP contribution in [0.25, 0.3) is 0 Å². The van der Waals surface area contributed by atoms with Gasteiger partial charge in [-0.3, -0.25) is 4.79 Å². The largest absolute Gasteiger partial charge is 0.399 e. The number of nitrogens with one attached hydrogen (secondary N) is 1. The number of hydrogen-bond acceptors (Lipinski definition) is 3. The molecule has 2 unspecified atom stereocenters. The molecule has 0 bridgehead atoms. The fourth-order valence-electron chi connectivity index (χ4n) is 2.74. The van der Waals surface area contributed by atoms with Crippen LogP contribution in [0.15, 0.2) is 24.3 Å². The highest BCUT2D eigenvalue weighted by atomic mass is 16.3. The van der Waals surface area contributed by atoms with Crippen molar-refractivity contribution in [2.24, 2.45) is 0 Å². The minimum absolute atomic E-state index is 0.0124. The number of benzene rings is 1. The maximum atomic E-state index is 12.0. The van der Waals surface area contributed by atoms with Gasteiger partial charge in [-0.25, -0.2) is 0 Å². The molecule has 0 heterocycles. The van der Waals surface area contributed by atoms with Gasteiger partial charge in [0.05, 0.1) is 12.1 Å². The molecule has 0 saturated heterocycles. The SMILES string of the molecule is Nc1cccc(CCC(=O)NC2CCCCCC2O)c1. The maximum Gasteiger partial charge on any atom is 0.220 e.